The van der Waals surface area contributed by atoms with Crippen LogP contribution in [0.5, 0.6) is 5.75 Å². The van der Waals surface area contributed by atoms with E-state index in [2.05, 4.69) is 41.6 Å². The molecule has 0 saturated heterocycles. The Balaban J connectivity index is 1.79. The first-order chi connectivity index (χ1) is 14.6. The molecule has 1 aromatic heterocycles. The third kappa shape index (κ3) is 5.64. The van der Waals surface area contributed by atoms with E-state index in [0.717, 1.165) is 10.0 Å². The zero-order chi connectivity index (χ0) is 22.6. The molecule has 1 heterocycles. The number of rotatable bonds is 5. The predicted molar refractivity (Wildman–Crippen MR) is 123 cm³/mol. The van der Waals surface area contributed by atoms with E-state index in [-0.39, 0.29) is 11.5 Å². The molecule has 0 saturated carbocycles. The van der Waals surface area contributed by atoms with Gasteiger partial charge in [0.25, 0.3) is 5.56 Å². The molecule has 0 atom stereocenters. The maximum absolute atomic E-state index is 12.6. The largest absolute Gasteiger partial charge is 0.422 e. The quantitative estimate of drug-likeness (QED) is 0.243. The summed E-state index contributed by atoms with van der Waals surface area (Å²) in [6.07, 6.45) is 1.46. The number of hydrogen-bond donors (Lipinski definition) is 2. The van der Waals surface area contributed by atoms with Crippen molar-refractivity contribution in [1.82, 2.24) is 15.2 Å². The number of halogens is 1. The minimum Gasteiger partial charge on any atom is -0.422 e. The minimum atomic E-state index is -0.462. The number of aromatic amines is 1. The van der Waals surface area contributed by atoms with Gasteiger partial charge in [-0.15, -0.1) is 10.2 Å². The number of benzene rings is 2. The summed E-state index contributed by atoms with van der Waals surface area (Å²) >= 11 is 3.40. The second-order valence-electron chi connectivity index (χ2n) is 7.86. The second-order valence-corrected chi connectivity index (χ2v) is 8.77. The van der Waals surface area contributed by atoms with Gasteiger partial charge in [-0.3, -0.25) is 9.78 Å². The van der Waals surface area contributed by atoms with E-state index in [1.165, 1.54) is 6.21 Å². The van der Waals surface area contributed by atoms with Gasteiger partial charge in [-0.2, -0.15) is 5.10 Å². The zero-order valence-electron chi connectivity index (χ0n) is 17.6. The third-order valence-electron chi connectivity index (χ3n) is 4.32. The molecular formula is C22H22BrN5O3. The fourth-order valence-electron chi connectivity index (χ4n) is 2.71. The highest BCUT2D eigenvalue weighted by Crippen LogP contribution is 2.23. The van der Waals surface area contributed by atoms with Gasteiger partial charge < -0.3 is 4.74 Å². The summed E-state index contributed by atoms with van der Waals surface area (Å²) in [7, 11) is 0. The average molecular weight is 484 g/mol. The lowest BCUT2D eigenvalue weighted by Crippen LogP contribution is -2.28. The van der Waals surface area contributed by atoms with Crippen molar-refractivity contribution in [3.05, 3.63) is 79.7 Å². The Morgan fingerprint density at radius 3 is 2.61 bits per heavy atom. The van der Waals surface area contributed by atoms with Crippen LogP contribution in [0.15, 0.2) is 56.8 Å². The first kappa shape index (κ1) is 22.4. The number of H-pyrrole nitrogens is 1. The fourth-order valence-corrected chi connectivity index (χ4v) is 3.09. The standard InChI is InChI=1S/C22H22BrN5O3/c1-13-7-5-6-8-16(13)20(30)31-17-10-9-15(23)11-14(17)12-24-27-21-25-19(29)18(26-28-21)22(2,3)4/h5-12H,1-4H3,(H2,25,27,28,29)/b24-12+. The topological polar surface area (TPSA) is 109 Å². The van der Waals surface area contributed by atoms with Gasteiger partial charge in [0.1, 0.15) is 11.4 Å². The lowest BCUT2D eigenvalue weighted by atomic mass is 9.93. The van der Waals surface area contributed by atoms with Gasteiger partial charge in [0.15, 0.2) is 0 Å². The van der Waals surface area contributed by atoms with Gasteiger partial charge in [-0.05, 0) is 36.8 Å². The van der Waals surface area contributed by atoms with Crippen molar-refractivity contribution in [1.29, 1.82) is 0 Å². The second kappa shape index (κ2) is 9.22. The SMILES string of the molecule is Cc1ccccc1C(=O)Oc1ccc(Br)cc1/C=N/Nc1nnc(C(C)(C)C)c(=O)[nH]1. The van der Waals surface area contributed by atoms with Crippen molar-refractivity contribution in [2.75, 3.05) is 5.43 Å². The Kier molecular flexibility index (Phi) is 6.65. The molecule has 0 bridgehead atoms. The molecule has 0 aliphatic heterocycles. The smallest absolute Gasteiger partial charge is 0.343 e. The normalized spacial score (nSPS) is 11.5. The summed E-state index contributed by atoms with van der Waals surface area (Å²) in [5, 5.41) is 12.0. The highest BCUT2D eigenvalue weighted by Gasteiger charge is 2.20. The Hall–Kier alpha value is -3.33. The number of aromatic nitrogens is 3. The van der Waals surface area contributed by atoms with Crippen LogP contribution < -0.4 is 15.7 Å². The molecule has 31 heavy (non-hydrogen) atoms. The van der Waals surface area contributed by atoms with E-state index < -0.39 is 11.4 Å². The van der Waals surface area contributed by atoms with Crippen LogP contribution in [0.25, 0.3) is 0 Å². The molecule has 2 N–H and O–H groups in total. The van der Waals surface area contributed by atoms with E-state index in [4.69, 9.17) is 4.74 Å². The van der Waals surface area contributed by atoms with Crippen LogP contribution in [-0.2, 0) is 5.41 Å². The van der Waals surface area contributed by atoms with Crippen LogP contribution in [0.4, 0.5) is 5.95 Å². The molecule has 2 aromatic carbocycles. The minimum absolute atomic E-state index is 0.0997. The molecule has 160 valence electrons. The highest BCUT2D eigenvalue weighted by atomic mass is 79.9. The van der Waals surface area contributed by atoms with Crippen LogP contribution >= 0.6 is 15.9 Å². The fraction of sp³-hybridized carbons (Fsp3) is 0.227. The summed E-state index contributed by atoms with van der Waals surface area (Å²) < 4.78 is 6.36. The number of carbonyl (C=O) groups excluding carboxylic acids is 1. The number of aryl methyl sites for hydroxylation is 1. The number of hydrogen-bond acceptors (Lipinski definition) is 7. The molecule has 0 unspecified atom stereocenters. The number of nitrogens with zero attached hydrogens (tertiary/aromatic N) is 3. The number of hydrazone groups is 1. The summed E-state index contributed by atoms with van der Waals surface area (Å²) in [6.45, 7) is 7.48. The Labute approximate surface area is 187 Å². The summed E-state index contributed by atoms with van der Waals surface area (Å²) in [5.41, 5.74) is 4.06. The van der Waals surface area contributed by atoms with Gasteiger partial charge in [0, 0.05) is 15.5 Å². The molecule has 0 radical (unpaired) electrons. The molecule has 3 rings (SSSR count). The van der Waals surface area contributed by atoms with Crippen molar-refractivity contribution < 1.29 is 9.53 Å². The lowest BCUT2D eigenvalue weighted by Gasteiger charge is -2.15. The van der Waals surface area contributed by atoms with E-state index in [1.807, 2.05) is 39.8 Å². The van der Waals surface area contributed by atoms with Crippen molar-refractivity contribution in [2.45, 2.75) is 33.1 Å². The zero-order valence-corrected chi connectivity index (χ0v) is 19.1. The third-order valence-corrected chi connectivity index (χ3v) is 4.81. The monoisotopic (exact) mass is 483 g/mol. The van der Waals surface area contributed by atoms with E-state index in [0.29, 0.717) is 22.6 Å². The predicted octanol–water partition coefficient (Wildman–Crippen LogP) is 4.20. The Morgan fingerprint density at radius 2 is 1.94 bits per heavy atom. The van der Waals surface area contributed by atoms with Gasteiger partial charge in [0.05, 0.1) is 11.8 Å². The number of carbonyl (C=O) groups is 1. The Bertz CT molecular complexity index is 1200. The summed E-state index contributed by atoms with van der Waals surface area (Å²) in [6, 6.07) is 12.4. The summed E-state index contributed by atoms with van der Waals surface area (Å²) in [4.78, 5) is 27.4. The maximum Gasteiger partial charge on any atom is 0.343 e. The van der Waals surface area contributed by atoms with Crippen LogP contribution in [0.3, 0.4) is 0 Å². The maximum atomic E-state index is 12.6. The Morgan fingerprint density at radius 1 is 1.19 bits per heavy atom. The highest BCUT2D eigenvalue weighted by molar-refractivity contribution is 9.10. The van der Waals surface area contributed by atoms with E-state index >= 15 is 0 Å². The van der Waals surface area contributed by atoms with Crippen molar-refractivity contribution >= 4 is 34.1 Å². The number of nitrogens with one attached hydrogen (secondary N) is 2. The van der Waals surface area contributed by atoms with Gasteiger partial charge in [-0.25, -0.2) is 10.2 Å². The molecule has 0 spiro atoms. The lowest BCUT2D eigenvalue weighted by molar-refractivity contribution is 0.0733. The molecular weight excluding hydrogens is 462 g/mol. The number of anilines is 1. The van der Waals surface area contributed by atoms with E-state index in [9.17, 15) is 9.59 Å². The van der Waals surface area contributed by atoms with Crippen molar-refractivity contribution in [2.24, 2.45) is 5.10 Å². The van der Waals surface area contributed by atoms with Crippen LogP contribution in [0.2, 0.25) is 0 Å². The first-order valence-electron chi connectivity index (χ1n) is 9.49. The van der Waals surface area contributed by atoms with Gasteiger partial charge >= 0.3 is 5.97 Å². The van der Waals surface area contributed by atoms with Crippen LogP contribution in [0, 0.1) is 6.92 Å². The molecule has 3 aromatic rings. The van der Waals surface area contributed by atoms with Gasteiger partial charge in [-0.1, -0.05) is 54.9 Å². The molecule has 0 fully saturated rings. The molecule has 9 heteroatoms. The van der Waals surface area contributed by atoms with Crippen molar-refractivity contribution in [3.8, 4) is 5.75 Å². The van der Waals surface area contributed by atoms with Crippen LogP contribution in [0.1, 0.15) is 48.0 Å². The molecule has 0 amide bonds. The number of esters is 1. The van der Waals surface area contributed by atoms with Crippen molar-refractivity contribution in [3.63, 3.8) is 0 Å². The van der Waals surface area contributed by atoms with E-state index in [1.54, 1.807) is 30.3 Å². The first-order valence-corrected chi connectivity index (χ1v) is 10.3. The molecule has 8 nitrogen and oxygen atoms in total. The van der Waals surface area contributed by atoms with Crippen LogP contribution in [-0.4, -0.2) is 27.4 Å². The summed E-state index contributed by atoms with van der Waals surface area (Å²) in [5.74, 6) is -0.0247. The van der Waals surface area contributed by atoms with Gasteiger partial charge in [0.2, 0.25) is 5.95 Å². The molecule has 0 aliphatic carbocycles. The average Bonchev–Trinajstić information content (AvgIpc) is 2.69. The number of ether oxygens (including phenoxy) is 1. The molecule has 0 aliphatic rings.